The van der Waals surface area contributed by atoms with Crippen LogP contribution in [0.25, 0.3) is 0 Å². The van der Waals surface area contributed by atoms with E-state index < -0.39 is 0 Å². The molecule has 0 aliphatic heterocycles. The molecule has 1 heterocycles. The molecule has 0 spiro atoms. The maximum absolute atomic E-state index is 5.63. The van der Waals surface area contributed by atoms with Crippen LogP contribution in [-0.4, -0.2) is 48.6 Å². The van der Waals surface area contributed by atoms with E-state index in [4.69, 9.17) is 12.2 Å². The van der Waals surface area contributed by atoms with Crippen LogP contribution < -0.4 is 5.32 Å². The van der Waals surface area contributed by atoms with Gasteiger partial charge in [0.1, 0.15) is 0 Å². The Morgan fingerprint density at radius 3 is 2.50 bits per heavy atom. The van der Waals surface area contributed by atoms with Gasteiger partial charge in [0.15, 0.2) is 5.11 Å². The standard InChI is InChI=1S/C19H27N3S2/c1-21(2)13-14-22(12-6-10-17-8-4-3-5-9-17)19(23)20-16-18-11-7-15-24-18/h3-5,7-9,11,15H,6,10,12-14,16H2,1-2H3,(H,20,23). The van der Waals surface area contributed by atoms with Gasteiger partial charge < -0.3 is 15.1 Å². The average Bonchev–Trinajstić information content (AvgIpc) is 3.10. The van der Waals surface area contributed by atoms with Crippen molar-refractivity contribution in [2.75, 3.05) is 33.7 Å². The third-order valence-corrected chi connectivity index (χ3v) is 5.11. The highest BCUT2D eigenvalue weighted by molar-refractivity contribution is 7.80. The molecule has 0 fully saturated rings. The summed E-state index contributed by atoms with van der Waals surface area (Å²) in [5.41, 5.74) is 1.39. The van der Waals surface area contributed by atoms with Crippen molar-refractivity contribution in [1.29, 1.82) is 0 Å². The highest BCUT2D eigenvalue weighted by Gasteiger charge is 2.10. The maximum Gasteiger partial charge on any atom is 0.169 e. The Morgan fingerprint density at radius 1 is 1.04 bits per heavy atom. The molecule has 0 atom stereocenters. The van der Waals surface area contributed by atoms with Crippen molar-refractivity contribution in [3.63, 3.8) is 0 Å². The summed E-state index contributed by atoms with van der Waals surface area (Å²) in [6.07, 6.45) is 2.20. The summed E-state index contributed by atoms with van der Waals surface area (Å²) in [6.45, 7) is 3.76. The molecule has 0 saturated heterocycles. The molecule has 0 unspecified atom stereocenters. The van der Waals surface area contributed by atoms with Gasteiger partial charge in [0.2, 0.25) is 0 Å². The largest absolute Gasteiger partial charge is 0.358 e. The van der Waals surface area contributed by atoms with E-state index in [1.807, 2.05) is 0 Å². The smallest absolute Gasteiger partial charge is 0.169 e. The summed E-state index contributed by atoms with van der Waals surface area (Å²) >= 11 is 7.39. The number of nitrogens with one attached hydrogen (secondary N) is 1. The number of benzene rings is 1. The Labute approximate surface area is 155 Å². The molecule has 130 valence electrons. The summed E-state index contributed by atoms with van der Waals surface area (Å²) in [5.74, 6) is 0. The molecular weight excluding hydrogens is 334 g/mol. The second kappa shape index (κ2) is 10.4. The van der Waals surface area contributed by atoms with E-state index in [9.17, 15) is 0 Å². The quantitative estimate of drug-likeness (QED) is 0.687. The molecule has 1 aromatic carbocycles. The van der Waals surface area contributed by atoms with Crippen LogP contribution in [0.15, 0.2) is 47.8 Å². The van der Waals surface area contributed by atoms with Gasteiger partial charge in [-0.2, -0.15) is 0 Å². The number of hydrogen-bond donors (Lipinski definition) is 1. The Morgan fingerprint density at radius 2 is 1.83 bits per heavy atom. The zero-order valence-electron chi connectivity index (χ0n) is 14.6. The third kappa shape index (κ3) is 6.99. The van der Waals surface area contributed by atoms with Crippen LogP contribution >= 0.6 is 23.6 Å². The first-order valence-electron chi connectivity index (χ1n) is 8.39. The zero-order chi connectivity index (χ0) is 17.2. The van der Waals surface area contributed by atoms with Crippen LogP contribution in [-0.2, 0) is 13.0 Å². The molecule has 2 aromatic rings. The van der Waals surface area contributed by atoms with Gasteiger partial charge in [-0.05, 0) is 56.2 Å². The van der Waals surface area contributed by atoms with E-state index in [2.05, 4.69) is 77.1 Å². The number of likely N-dealkylation sites (N-methyl/N-ethyl adjacent to an activating group) is 1. The first-order chi connectivity index (χ1) is 11.6. The lowest BCUT2D eigenvalue weighted by atomic mass is 10.1. The van der Waals surface area contributed by atoms with Crippen LogP contribution in [0.1, 0.15) is 16.9 Å². The van der Waals surface area contributed by atoms with E-state index in [0.717, 1.165) is 44.1 Å². The van der Waals surface area contributed by atoms with Crippen molar-refractivity contribution in [2.45, 2.75) is 19.4 Å². The molecular formula is C19H27N3S2. The van der Waals surface area contributed by atoms with Crippen molar-refractivity contribution in [3.8, 4) is 0 Å². The maximum atomic E-state index is 5.63. The third-order valence-electron chi connectivity index (χ3n) is 3.83. The first-order valence-corrected chi connectivity index (χ1v) is 9.68. The zero-order valence-corrected chi connectivity index (χ0v) is 16.2. The number of thiocarbonyl (C=S) groups is 1. The van der Waals surface area contributed by atoms with Crippen LogP contribution in [0, 0.1) is 0 Å². The average molecular weight is 362 g/mol. The monoisotopic (exact) mass is 361 g/mol. The summed E-state index contributed by atoms with van der Waals surface area (Å²) in [5, 5.41) is 6.37. The number of thiophene rings is 1. The van der Waals surface area contributed by atoms with E-state index >= 15 is 0 Å². The fraction of sp³-hybridized carbons (Fsp3) is 0.421. The first kappa shape index (κ1) is 18.9. The fourth-order valence-corrected chi connectivity index (χ4v) is 3.34. The summed E-state index contributed by atoms with van der Waals surface area (Å²) in [6, 6.07) is 14.9. The number of hydrogen-bond acceptors (Lipinski definition) is 3. The van der Waals surface area contributed by atoms with Crippen molar-refractivity contribution >= 4 is 28.7 Å². The van der Waals surface area contributed by atoms with E-state index in [1.165, 1.54) is 10.4 Å². The van der Waals surface area contributed by atoms with E-state index in [1.54, 1.807) is 11.3 Å². The minimum absolute atomic E-state index is 0.813. The molecule has 1 N–H and O–H groups in total. The molecule has 24 heavy (non-hydrogen) atoms. The van der Waals surface area contributed by atoms with Crippen LogP contribution in [0.5, 0.6) is 0 Å². The van der Waals surface area contributed by atoms with E-state index in [0.29, 0.717) is 0 Å². The normalized spacial score (nSPS) is 10.8. The van der Waals surface area contributed by atoms with Crippen molar-refractivity contribution < 1.29 is 0 Å². The highest BCUT2D eigenvalue weighted by atomic mass is 32.1. The molecule has 0 aliphatic rings. The molecule has 5 heteroatoms. The molecule has 0 bridgehead atoms. The lowest BCUT2D eigenvalue weighted by Gasteiger charge is -2.27. The van der Waals surface area contributed by atoms with Crippen molar-refractivity contribution in [1.82, 2.24) is 15.1 Å². The Bertz CT molecular complexity index is 582. The Hall–Kier alpha value is -1.43. The molecule has 1 aromatic heterocycles. The highest BCUT2D eigenvalue weighted by Crippen LogP contribution is 2.08. The second-order valence-electron chi connectivity index (χ2n) is 6.12. The van der Waals surface area contributed by atoms with Crippen LogP contribution in [0.2, 0.25) is 0 Å². The molecule has 3 nitrogen and oxygen atoms in total. The van der Waals surface area contributed by atoms with Gasteiger partial charge in [0.25, 0.3) is 0 Å². The van der Waals surface area contributed by atoms with Gasteiger partial charge in [0.05, 0.1) is 6.54 Å². The van der Waals surface area contributed by atoms with Gasteiger partial charge in [0, 0.05) is 24.5 Å². The molecule has 0 radical (unpaired) electrons. The Balaban J connectivity index is 1.82. The lowest BCUT2D eigenvalue weighted by Crippen LogP contribution is -2.43. The minimum Gasteiger partial charge on any atom is -0.358 e. The molecule has 0 aliphatic carbocycles. The fourth-order valence-electron chi connectivity index (χ4n) is 2.44. The summed E-state index contributed by atoms with van der Waals surface area (Å²) in [7, 11) is 4.20. The van der Waals surface area contributed by atoms with Gasteiger partial charge in [-0.1, -0.05) is 36.4 Å². The molecule has 0 saturated carbocycles. The number of nitrogens with zero attached hydrogens (tertiary/aromatic N) is 2. The SMILES string of the molecule is CN(C)CCN(CCCc1ccccc1)C(=S)NCc1cccs1. The van der Waals surface area contributed by atoms with Crippen molar-refractivity contribution in [3.05, 3.63) is 58.3 Å². The predicted molar refractivity (Wildman–Crippen MR) is 109 cm³/mol. The molecule has 2 rings (SSSR count). The van der Waals surface area contributed by atoms with Gasteiger partial charge in [-0.15, -0.1) is 11.3 Å². The summed E-state index contributed by atoms with van der Waals surface area (Å²) in [4.78, 5) is 5.81. The topological polar surface area (TPSA) is 18.5 Å². The van der Waals surface area contributed by atoms with Gasteiger partial charge in [-0.3, -0.25) is 0 Å². The number of aryl methyl sites for hydroxylation is 1. The summed E-state index contributed by atoms with van der Waals surface area (Å²) < 4.78 is 0. The van der Waals surface area contributed by atoms with Crippen LogP contribution in [0.3, 0.4) is 0 Å². The lowest BCUT2D eigenvalue weighted by molar-refractivity contribution is 0.324. The number of rotatable bonds is 9. The van der Waals surface area contributed by atoms with Crippen LogP contribution in [0.4, 0.5) is 0 Å². The second-order valence-corrected chi connectivity index (χ2v) is 7.54. The van der Waals surface area contributed by atoms with E-state index in [-0.39, 0.29) is 0 Å². The van der Waals surface area contributed by atoms with Gasteiger partial charge >= 0.3 is 0 Å². The Kier molecular flexibility index (Phi) is 8.22. The molecule has 0 amide bonds. The van der Waals surface area contributed by atoms with Gasteiger partial charge in [-0.25, -0.2) is 0 Å². The minimum atomic E-state index is 0.813. The predicted octanol–water partition coefficient (Wildman–Crippen LogP) is 3.62. The van der Waals surface area contributed by atoms with Crippen molar-refractivity contribution in [2.24, 2.45) is 0 Å².